The van der Waals surface area contributed by atoms with E-state index in [1.54, 1.807) is 24.4 Å². The van der Waals surface area contributed by atoms with Crippen LogP contribution in [-0.4, -0.2) is 21.0 Å². The molecule has 0 saturated heterocycles. The molecule has 100 valence electrons. The summed E-state index contributed by atoms with van der Waals surface area (Å²) in [4.78, 5) is 18.3. The molecule has 0 radical (unpaired) electrons. The van der Waals surface area contributed by atoms with E-state index >= 15 is 0 Å². The Labute approximate surface area is 116 Å². The van der Waals surface area contributed by atoms with Crippen molar-refractivity contribution < 1.29 is 9.90 Å². The van der Waals surface area contributed by atoms with Crippen LogP contribution in [0.4, 0.5) is 0 Å². The van der Waals surface area contributed by atoms with Crippen molar-refractivity contribution >= 4 is 17.0 Å². The smallest absolute Gasteiger partial charge is 0.335 e. The maximum Gasteiger partial charge on any atom is 0.335 e. The highest BCUT2D eigenvalue weighted by Crippen LogP contribution is 2.17. The van der Waals surface area contributed by atoms with Gasteiger partial charge in [0.1, 0.15) is 5.65 Å². The number of aromatic nitrogens is 2. The maximum atomic E-state index is 11.0. The van der Waals surface area contributed by atoms with Gasteiger partial charge < -0.3 is 10.1 Å². The number of carbonyl (C=O) groups is 1. The third-order valence-corrected chi connectivity index (χ3v) is 3.41. The van der Waals surface area contributed by atoms with Gasteiger partial charge in [-0.15, -0.1) is 0 Å². The lowest BCUT2D eigenvalue weighted by Gasteiger charge is -2.04. The Morgan fingerprint density at radius 2 is 2.10 bits per heavy atom. The fourth-order valence-electron chi connectivity index (χ4n) is 2.37. The summed E-state index contributed by atoms with van der Waals surface area (Å²) >= 11 is 0. The van der Waals surface area contributed by atoms with Gasteiger partial charge in [-0.2, -0.15) is 0 Å². The summed E-state index contributed by atoms with van der Waals surface area (Å²) in [7, 11) is 0. The van der Waals surface area contributed by atoms with Crippen molar-refractivity contribution in [1.29, 1.82) is 0 Å². The second-order valence-corrected chi connectivity index (χ2v) is 4.72. The van der Waals surface area contributed by atoms with Crippen LogP contribution < -0.4 is 0 Å². The first-order chi connectivity index (χ1) is 9.74. The van der Waals surface area contributed by atoms with Crippen molar-refractivity contribution in [1.82, 2.24) is 9.97 Å². The topological polar surface area (TPSA) is 66.0 Å². The number of aryl methyl sites for hydroxylation is 2. The minimum atomic E-state index is -0.885. The second kappa shape index (κ2) is 5.17. The van der Waals surface area contributed by atoms with E-state index in [9.17, 15) is 4.79 Å². The van der Waals surface area contributed by atoms with E-state index in [4.69, 9.17) is 5.11 Å². The molecule has 2 N–H and O–H groups in total. The normalized spacial score (nSPS) is 10.8. The number of pyridine rings is 1. The van der Waals surface area contributed by atoms with E-state index in [1.807, 2.05) is 24.4 Å². The fraction of sp³-hybridized carbons (Fsp3) is 0.125. The van der Waals surface area contributed by atoms with E-state index in [0.717, 1.165) is 29.4 Å². The monoisotopic (exact) mass is 266 g/mol. The number of fused-ring (bicyclic) bond motifs is 1. The van der Waals surface area contributed by atoms with Crippen LogP contribution in [0, 0.1) is 0 Å². The fourth-order valence-corrected chi connectivity index (χ4v) is 2.37. The summed E-state index contributed by atoms with van der Waals surface area (Å²) in [6.07, 6.45) is 5.35. The Morgan fingerprint density at radius 1 is 1.20 bits per heavy atom. The largest absolute Gasteiger partial charge is 0.478 e. The van der Waals surface area contributed by atoms with Crippen molar-refractivity contribution in [2.75, 3.05) is 0 Å². The molecule has 0 fully saturated rings. The Hall–Kier alpha value is -2.62. The molecule has 20 heavy (non-hydrogen) atoms. The molecule has 2 heterocycles. The Morgan fingerprint density at radius 3 is 2.95 bits per heavy atom. The number of aromatic carboxylic acids is 1. The molecular weight excluding hydrogens is 252 g/mol. The quantitative estimate of drug-likeness (QED) is 0.762. The number of nitrogens with one attached hydrogen (secondary N) is 1. The van der Waals surface area contributed by atoms with Gasteiger partial charge in [-0.3, -0.25) is 0 Å². The molecule has 2 aromatic heterocycles. The number of rotatable bonds is 4. The predicted molar refractivity (Wildman–Crippen MR) is 76.9 cm³/mol. The average molecular weight is 266 g/mol. The number of hydrogen-bond donors (Lipinski definition) is 2. The van der Waals surface area contributed by atoms with Crippen LogP contribution in [0.1, 0.15) is 21.5 Å². The first-order valence-corrected chi connectivity index (χ1v) is 6.47. The predicted octanol–water partition coefficient (Wildman–Crippen LogP) is 3.05. The van der Waals surface area contributed by atoms with Gasteiger partial charge in [0.2, 0.25) is 0 Å². The Bertz CT molecular complexity index is 762. The molecule has 0 unspecified atom stereocenters. The number of benzene rings is 1. The number of nitrogens with zero attached hydrogens (tertiary/aromatic N) is 1. The number of carboxylic acid groups (broad SMARTS) is 1. The van der Waals surface area contributed by atoms with Gasteiger partial charge in [-0.1, -0.05) is 12.1 Å². The SMILES string of the molecule is O=C(O)c1cccc(CCc2ccnc3[nH]ccc23)c1. The molecule has 0 aliphatic carbocycles. The highest BCUT2D eigenvalue weighted by Gasteiger charge is 2.05. The van der Waals surface area contributed by atoms with Crippen LogP contribution in [-0.2, 0) is 12.8 Å². The van der Waals surface area contributed by atoms with E-state index in [2.05, 4.69) is 9.97 Å². The number of H-pyrrole nitrogens is 1. The molecule has 0 bridgehead atoms. The number of hydrogen-bond acceptors (Lipinski definition) is 2. The van der Waals surface area contributed by atoms with Crippen molar-refractivity contribution in [3.8, 4) is 0 Å². The zero-order valence-corrected chi connectivity index (χ0v) is 10.8. The van der Waals surface area contributed by atoms with Gasteiger partial charge in [-0.25, -0.2) is 9.78 Å². The maximum absolute atomic E-state index is 11.0. The molecule has 0 aliphatic rings. The zero-order valence-electron chi connectivity index (χ0n) is 10.8. The van der Waals surface area contributed by atoms with Gasteiger partial charge in [0.05, 0.1) is 5.56 Å². The molecule has 3 rings (SSSR count). The van der Waals surface area contributed by atoms with E-state index in [1.165, 1.54) is 5.56 Å². The summed E-state index contributed by atoms with van der Waals surface area (Å²) in [6.45, 7) is 0. The molecule has 0 aliphatic heterocycles. The number of aromatic amines is 1. The second-order valence-electron chi connectivity index (χ2n) is 4.72. The van der Waals surface area contributed by atoms with E-state index in [0.29, 0.717) is 5.56 Å². The van der Waals surface area contributed by atoms with E-state index in [-0.39, 0.29) is 0 Å². The first-order valence-electron chi connectivity index (χ1n) is 6.47. The molecule has 1 aromatic carbocycles. The van der Waals surface area contributed by atoms with Crippen LogP contribution in [0.3, 0.4) is 0 Å². The van der Waals surface area contributed by atoms with Crippen LogP contribution >= 0.6 is 0 Å². The lowest BCUT2D eigenvalue weighted by molar-refractivity contribution is 0.0697. The third-order valence-electron chi connectivity index (χ3n) is 3.41. The van der Waals surface area contributed by atoms with E-state index < -0.39 is 5.97 Å². The number of carboxylic acids is 1. The van der Waals surface area contributed by atoms with Crippen molar-refractivity contribution in [2.45, 2.75) is 12.8 Å². The minimum absolute atomic E-state index is 0.337. The van der Waals surface area contributed by atoms with Crippen molar-refractivity contribution in [2.24, 2.45) is 0 Å². The summed E-state index contributed by atoms with van der Waals surface area (Å²) in [5.74, 6) is -0.885. The summed E-state index contributed by atoms with van der Waals surface area (Å²) in [5.41, 5.74) is 3.48. The van der Waals surface area contributed by atoms with Crippen LogP contribution in [0.5, 0.6) is 0 Å². The Balaban J connectivity index is 1.81. The van der Waals surface area contributed by atoms with Gasteiger partial charge in [-0.05, 0) is 48.2 Å². The van der Waals surface area contributed by atoms with Gasteiger partial charge in [0.15, 0.2) is 0 Å². The zero-order chi connectivity index (χ0) is 13.9. The highest BCUT2D eigenvalue weighted by atomic mass is 16.4. The molecule has 3 aromatic rings. The Kier molecular flexibility index (Phi) is 3.21. The lowest BCUT2D eigenvalue weighted by atomic mass is 10.0. The van der Waals surface area contributed by atoms with Crippen molar-refractivity contribution in [3.05, 3.63) is 65.5 Å². The third kappa shape index (κ3) is 2.40. The average Bonchev–Trinajstić information content (AvgIpc) is 2.94. The van der Waals surface area contributed by atoms with Crippen LogP contribution in [0.2, 0.25) is 0 Å². The van der Waals surface area contributed by atoms with Crippen LogP contribution in [0.25, 0.3) is 11.0 Å². The first kappa shape index (κ1) is 12.4. The van der Waals surface area contributed by atoms with Gasteiger partial charge in [0.25, 0.3) is 0 Å². The molecule has 4 nitrogen and oxygen atoms in total. The van der Waals surface area contributed by atoms with Crippen LogP contribution in [0.15, 0.2) is 48.8 Å². The van der Waals surface area contributed by atoms with Gasteiger partial charge in [0, 0.05) is 17.8 Å². The summed E-state index contributed by atoms with van der Waals surface area (Å²) in [6, 6.07) is 11.1. The van der Waals surface area contributed by atoms with Crippen molar-refractivity contribution in [3.63, 3.8) is 0 Å². The standard InChI is InChI=1S/C16H14N2O2/c19-16(20)13-3-1-2-11(10-13)4-5-12-6-8-17-15-14(12)7-9-18-15/h1-3,6-10H,4-5H2,(H,17,18)(H,19,20). The minimum Gasteiger partial charge on any atom is -0.478 e. The molecule has 0 saturated carbocycles. The van der Waals surface area contributed by atoms with Gasteiger partial charge >= 0.3 is 5.97 Å². The molecule has 4 heteroatoms. The molecule has 0 atom stereocenters. The summed E-state index contributed by atoms with van der Waals surface area (Å²) in [5, 5.41) is 10.1. The molecule has 0 amide bonds. The molecule has 0 spiro atoms. The summed E-state index contributed by atoms with van der Waals surface area (Å²) < 4.78 is 0. The lowest BCUT2D eigenvalue weighted by Crippen LogP contribution is -1.98. The highest BCUT2D eigenvalue weighted by molar-refractivity contribution is 5.87. The molecular formula is C16H14N2O2.